The van der Waals surface area contributed by atoms with Crippen LogP contribution in [0.5, 0.6) is 0 Å². The molecule has 1 saturated heterocycles. The molecule has 0 spiro atoms. The first-order chi connectivity index (χ1) is 9.20. The van der Waals surface area contributed by atoms with E-state index in [0.29, 0.717) is 18.0 Å². The molecule has 1 saturated carbocycles. The summed E-state index contributed by atoms with van der Waals surface area (Å²) < 4.78 is 0. The standard InChI is InChI=1S/C17H26N2/c1-12(2)19-10-9-16(11-18)17(19)15-7-5-14(6-8-15)13-3-4-13/h5-8,12-13,16-17H,3-4,9-11,18H2,1-2H3. The number of hydrogen-bond acceptors (Lipinski definition) is 2. The predicted octanol–water partition coefficient (Wildman–Crippen LogP) is 3.29. The van der Waals surface area contributed by atoms with Gasteiger partial charge in [0.1, 0.15) is 0 Å². The number of nitrogens with zero attached hydrogens (tertiary/aromatic N) is 1. The van der Waals surface area contributed by atoms with Crippen molar-refractivity contribution in [3.05, 3.63) is 35.4 Å². The molecule has 1 aromatic carbocycles. The largest absolute Gasteiger partial charge is 0.330 e. The summed E-state index contributed by atoms with van der Waals surface area (Å²) in [6, 6.07) is 10.5. The van der Waals surface area contributed by atoms with Crippen LogP contribution < -0.4 is 5.73 Å². The lowest BCUT2D eigenvalue weighted by Gasteiger charge is -2.31. The maximum Gasteiger partial charge on any atom is 0.0391 e. The van der Waals surface area contributed by atoms with E-state index in [1.54, 1.807) is 0 Å². The summed E-state index contributed by atoms with van der Waals surface area (Å²) in [4.78, 5) is 2.61. The Bertz CT molecular complexity index is 419. The highest BCUT2D eigenvalue weighted by atomic mass is 15.2. The van der Waals surface area contributed by atoms with Gasteiger partial charge in [-0.3, -0.25) is 4.90 Å². The van der Waals surface area contributed by atoms with E-state index in [0.717, 1.165) is 12.5 Å². The normalized spacial score (nSPS) is 28.2. The average Bonchev–Trinajstić information content (AvgIpc) is 3.17. The Balaban J connectivity index is 1.83. The van der Waals surface area contributed by atoms with Crippen LogP contribution in [0.25, 0.3) is 0 Å². The quantitative estimate of drug-likeness (QED) is 0.898. The molecular weight excluding hydrogens is 232 g/mol. The molecule has 104 valence electrons. The van der Waals surface area contributed by atoms with Gasteiger partial charge in [0.15, 0.2) is 0 Å². The van der Waals surface area contributed by atoms with E-state index in [2.05, 4.69) is 43.0 Å². The van der Waals surface area contributed by atoms with E-state index in [4.69, 9.17) is 5.73 Å². The van der Waals surface area contributed by atoms with Crippen molar-refractivity contribution >= 4 is 0 Å². The predicted molar refractivity (Wildman–Crippen MR) is 80.2 cm³/mol. The van der Waals surface area contributed by atoms with Crippen molar-refractivity contribution in [3.63, 3.8) is 0 Å². The molecule has 2 unspecified atom stereocenters. The SMILES string of the molecule is CC(C)N1CCC(CN)C1c1ccc(C2CC2)cc1. The summed E-state index contributed by atoms with van der Waals surface area (Å²) in [7, 11) is 0. The van der Waals surface area contributed by atoms with E-state index in [1.165, 1.54) is 36.9 Å². The Kier molecular flexibility index (Phi) is 3.64. The molecule has 1 aliphatic carbocycles. The number of benzene rings is 1. The highest BCUT2D eigenvalue weighted by Crippen LogP contribution is 2.42. The Labute approximate surface area is 117 Å². The highest BCUT2D eigenvalue weighted by molar-refractivity contribution is 5.30. The van der Waals surface area contributed by atoms with E-state index in [-0.39, 0.29) is 0 Å². The van der Waals surface area contributed by atoms with Gasteiger partial charge in [-0.15, -0.1) is 0 Å². The molecule has 0 aromatic heterocycles. The van der Waals surface area contributed by atoms with Crippen LogP contribution in [0.1, 0.15) is 56.2 Å². The Morgan fingerprint density at radius 1 is 1.11 bits per heavy atom. The summed E-state index contributed by atoms with van der Waals surface area (Å²) in [5.41, 5.74) is 8.98. The summed E-state index contributed by atoms with van der Waals surface area (Å²) in [5.74, 6) is 1.47. The van der Waals surface area contributed by atoms with Gasteiger partial charge in [0.25, 0.3) is 0 Å². The van der Waals surface area contributed by atoms with Gasteiger partial charge in [-0.25, -0.2) is 0 Å². The number of rotatable bonds is 4. The van der Waals surface area contributed by atoms with Gasteiger partial charge in [0.05, 0.1) is 0 Å². The molecule has 19 heavy (non-hydrogen) atoms. The molecule has 1 aromatic rings. The lowest BCUT2D eigenvalue weighted by Crippen LogP contribution is -2.33. The molecule has 1 heterocycles. The zero-order valence-corrected chi connectivity index (χ0v) is 12.2. The Hall–Kier alpha value is -0.860. The first kappa shape index (κ1) is 13.1. The Morgan fingerprint density at radius 2 is 1.74 bits per heavy atom. The summed E-state index contributed by atoms with van der Waals surface area (Å²) in [6.45, 7) is 6.59. The topological polar surface area (TPSA) is 29.3 Å². The third kappa shape index (κ3) is 2.56. The molecule has 2 N–H and O–H groups in total. The molecule has 3 rings (SSSR count). The van der Waals surface area contributed by atoms with Crippen molar-refractivity contribution < 1.29 is 0 Å². The van der Waals surface area contributed by atoms with E-state index >= 15 is 0 Å². The van der Waals surface area contributed by atoms with E-state index in [1.807, 2.05) is 0 Å². The maximum absolute atomic E-state index is 5.99. The van der Waals surface area contributed by atoms with Gasteiger partial charge in [0.2, 0.25) is 0 Å². The van der Waals surface area contributed by atoms with Crippen molar-refractivity contribution in [2.75, 3.05) is 13.1 Å². The molecule has 1 aliphatic heterocycles. The molecule has 0 bridgehead atoms. The van der Waals surface area contributed by atoms with Crippen LogP contribution in [0.3, 0.4) is 0 Å². The second kappa shape index (κ2) is 5.26. The first-order valence-electron chi connectivity index (χ1n) is 7.76. The van der Waals surface area contributed by atoms with Gasteiger partial charge in [0, 0.05) is 12.1 Å². The minimum absolute atomic E-state index is 0.526. The van der Waals surface area contributed by atoms with Crippen LogP contribution in [0, 0.1) is 5.92 Å². The fourth-order valence-corrected chi connectivity index (χ4v) is 3.55. The third-order valence-electron chi connectivity index (χ3n) is 4.85. The third-order valence-corrected chi connectivity index (χ3v) is 4.85. The van der Waals surface area contributed by atoms with Gasteiger partial charge >= 0.3 is 0 Å². The molecular formula is C17H26N2. The monoisotopic (exact) mass is 258 g/mol. The highest BCUT2D eigenvalue weighted by Gasteiger charge is 2.35. The van der Waals surface area contributed by atoms with Crippen LogP contribution in [0.15, 0.2) is 24.3 Å². The van der Waals surface area contributed by atoms with Crippen LogP contribution >= 0.6 is 0 Å². The van der Waals surface area contributed by atoms with E-state index < -0.39 is 0 Å². The second-order valence-electron chi connectivity index (χ2n) is 6.50. The van der Waals surface area contributed by atoms with Gasteiger partial charge in [-0.1, -0.05) is 24.3 Å². The summed E-state index contributed by atoms with van der Waals surface area (Å²) in [6.07, 6.45) is 4.00. The van der Waals surface area contributed by atoms with Crippen molar-refractivity contribution in [1.29, 1.82) is 0 Å². The summed E-state index contributed by atoms with van der Waals surface area (Å²) >= 11 is 0. The van der Waals surface area contributed by atoms with Gasteiger partial charge in [-0.2, -0.15) is 0 Å². The number of likely N-dealkylation sites (tertiary alicyclic amines) is 1. The average molecular weight is 258 g/mol. The first-order valence-corrected chi connectivity index (χ1v) is 7.76. The fraction of sp³-hybridized carbons (Fsp3) is 0.647. The minimum atomic E-state index is 0.526. The van der Waals surface area contributed by atoms with Crippen LogP contribution in [-0.2, 0) is 0 Å². The van der Waals surface area contributed by atoms with Gasteiger partial charge < -0.3 is 5.73 Å². The molecule has 2 nitrogen and oxygen atoms in total. The Morgan fingerprint density at radius 3 is 2.26 bits per heavy atom. The number of nitrogens with two attached hydrogens (primary N) is 1. The zero-order valence-electron chi connectivity index (χ0n) is 12.2. The molecule has 0 radical (unpaired) electrons. The lowest BCUT2D eigenvalue weighted by molar-refractivity contribution is 0.184. The maximum atomic E-state index is 5.99. The molecule has 2 heteroatoms. The smallest absolute Gasteiger partial charge is 0.0391 e. The van der Waals surface area contributed by atoms with Crippen molar-refractivity contribution in [3.8, 4) is 0 Å². The lowest BCUT2D eigenvalue weighted by atomic mass is 9.92. The molecule has 2 atom stereocenters. The minimum Gasteiger partial charge on any atom is -0.330 e. The fourth-order valence-electron chi connectivity index (χ4n) is 3.55. The van der Waals surface area contributed by atoms with Crippen LogP contribution in [-0.4, -0.2) is 24.0 Å². The molecule has 0 amide bonds. The summed E-state index contributed by atoms with van der Waals surface area (Å²) in [5, 5.41) is 0. The van der Waals surface area contributed by atoms with Crippen molar-refractivity contribution in [1.82, 2.24) is 4.90 Å². The number of hydrogen-bond donors (Lipinski definition) is 1. The van der Waals surface area contributed by atoms with Crippen molar-refractivity contribution in [2.24, 2.45) is 11.7 Å². The second-order valence-corrected chi connectivity index (χ2v) is 6.50. The zero-order chi connectivity index (χ0) is 13.4. The van der Waals surface area contributed by atoms with Gasteiger partial charge in [-0.05, 0) is 69.2 Å². The van der Waals surface area contributed by atoms with Crippen LogP contribution in [0.4, 0.5) is 0 Å². The van der Waals surface area contributed by atoms with E-state index in [9.17, 15) is 0 Å². The van der Waals surface area contributed by atoms with Crippen molar-refractivity contribution in [2.45, 2.75) is 51.1 Å². The van der Waals surface area contributed by atoms with Crippen LogP contribution in [0.2, 0.25) is 0 Å². The molecule has 2 fully saturated rings. The molecule has 2 aliphatic rings.